The van der Waals surface area contributed by atoms with Crippen molar-refractivity contribution < 1.29 is 14.3 Å². The van der Waals surface area contributed by atoms with Crippen LogP contribution in [0.25, 0.3) is 16.6 Å². The number of fused-ring (bicyclic) bond motifs is 3. The smallest absolute Gasteiger partial charge is 0.407 e. The average molecular weight is 395 g/mol. The molecular weight excluding hydrogens is 383 g/mol. The summed E-state index contributed by atoms with van der Waals surface area (Å²) in [6.45, 7) is 1.72. The topological polar surface area (TPSA) is 86.9 Å². The Balaban J connectivity index is 1.83. The van der Waals surface area contributed by atoms with Gasteiger partial charge in [0.25, 0.3) is 0 Å². The minimum Gasteiger partial charge on any atom is -0.465 e. The Morgan fingerprint density at radius 2 is 2.00 bits per heavy atom. The number of nitrogens with zero attached hydrogens (tertiary/aromatic N) is 6. The number of benzene rings is 1. The van der Waals surface area contributed by atoms with Crippen molar-refractivity contribution in [1.29, 1.82) is 0 Å². The Labute approximate surface area is 143 Å². The second kappa shape index (κ2) is 5.55. The molecule has 1 aromatic carbocycles. The van der Waals surface area contributed by atoms with Gasteiger partial charge in [-0.1, -0.05) is 0 Å². The number of hydrogen-bond donors (Lipinski definition) is 1. The normalized spacial score (nSPS) is 15.4. The standard InChI is InChI=1S/C14H12BrFN6O2/c15-8-1-2-9-10(11(8)16)12-17-7-18-22(12)13(19-9)20-3-5-21(6-4-20)14(23)24/h1-2,7H,3-6H2,(H,23,24). The number of halogens is 2. The lowest BCUT2D eigenvalue weighted by atomic mass is 10.2. The molecule has 1 aliphatic rings. The van der Waals surface area contributed by atoms with Crippen LogP contribution in [0.4, 0.5) is 15.1 Å². The van der Waals surface area contributed by atoms with Crippen LogP contribution in [0.5, 0.6) is 0 Å². The highest BCUT2D eigenvalue weighted by molar-refractivity contribution is 9.10. The molecule has 2 aromatic heterocycles. The number of amides is 1. The van der Waals surface area contributed by atoms with E-state index in [0.717, 1.165) is 0 Å². The highest BCUT2D eigenvalue weighted by Gasteiger charge is 2.25. The van der Waals surface area contributed by atoms with Crippen LogP contribution in [-0.2, 0) is 0 Å². The molecule has 0 unspecified atom stereocenters. The first-order valence-electron chi connectivity index (χ1n) is 7.26. The maximum absolute atomic E-state index is 14.5. The van der Waals surface area contributed by atoms with Crippen molar-refractivity contribution in [2.75, 3.05) is 31.1 Å². The molecule has 3 aromatic rings. The maximum atomic E-state index is 14.5. The van der Waals surface area contributed by atoms with Gasteiger partial charge in [-0.2, -0.15) is 9.61 Å². The predicted molar refractivity (Wildman–Crippen MR) is 87.8 cm³/mol. The summed E-state index contributed by atoms with van der Waals surface area (Å²) in [5.41, 5.74) is 0.862. The zero-order valence-corrected chi connectivity index (χ0v) is 13.9. The Hall–Kier alpha value is -2.49. The van der Waals surface area contributed by atoms with E-state index in [1.807, 2.05) is 4.90 Å². The monoisotopic (exact) mass is 394 g/mol. The lowest BCUT2D eigenvalue weighted by Crippen LogP contribution is -2.49. The third kappa shape index (κ3) is 2.25. The van der Waals surface area contributed by atoms with Gasteiger partial charge in [-0.15, -0.1) is 0 Å². The van der Waals surface area contributed by atoms with Gasteiger partial charge in [0, 0.05) is 26.2 Å². The van der Waals surface area contributed by atoms with Crippen LogP contribution in [0.2, 0.25) is 0 Å². The molecule has 0 aliphatic carbocycles. The summed E-state index contributed by atoms with van der Waals surface area (Å²) in [6.07, 6.45) is 0.423. The fourth-order valence-electron chi connectivity index (χ4n) is 2.86. The second-order valence-electron chi connectivity index (χ2n) is 5.42. The van der Waals surface area contributed by atoms with Gasteiger partial charge >= 0.3 is 6.09 Å². The fraction of sp³-hybridized carbons (Fsp3) is 0.286. The van der Waals surface area contributed by atoms with E-state index < -0.39 is 11.9 Å². The van der Waals surface area contributed by atoms with Crippen molar-refractivity contribution >= 4 is 44.5 Å². The molecule has 1 saturated heterocycles. The third-order valence-corrected chi connectivity index (χ3v) is 4.70. The highest BCUT2D eigenvalue weighted by atomic mass is 79.9. The lowest BCUT2D eigenvalue weighted by molar-refractivity contribution is 0.142. The van der Waals surface area contributed by atoms with E-state index in [0.29, 0.717) is 53.2 Å². The molecule has 0 saturated carbocycles. The highest BCUT2D eigenvalue weighted by Crippen LogP contribution is 2.29. The molecule has 1 fully saturated rings. The second-order valence-corrected chi connectivity index (χ2v) is 6.27. The van der Waals surface area contributed by atoms with Crippen molar-refractivity contribution in [2.24, 2.45) is 0 Å². The molecule has 0 radical (unpaired) electrons. The third-order valence-electron chi connectivity index (χ3n) is 4.09. The van der Waals surface area contributed by atoms with E-state index >= 15 is 0 Å². The molecule has 24 heavy (non-hydrogen) atoms. The van der Waals surface area contributed by atoms with Gasteiger partial charge < -0.3 is 14.9 Å². The van der Waals surface area contributed by atoms with Crippen LogP contribution in [0.1, 0.15) is 0 Å². The molecule has 1 aliphatic heterocycles. The van der Waals surface area contributed by atoms with Gasteiger partial charge in [0.1, 0.15) is 6.33 Å². The SMILES string of the molecule is O=C(O)N1CCN(c2nc3ccc(Br)c(F)c3c3ncnn23)CC1. The maximum Gasteiger partial charge on any atom is 0.407 e. The number of anilines is 1. The Bertz CT molecular complexity index is 953. The Kier molecular flexibility index (Phi) is 3.48. The van der Waals surface area contributed by atoms with Crippen molar-refractivity contribution in [1.82, 2.24) is 24.5 Å². The molecule has 8 nitrogen and oxygen atoms in total. The van der Waals surface area contributed by atoms with E-state index in [2.05, 4.69) is 31.0 Å². The molecule has 0 bridgehead atoms. The summed E-state index contributed by atoms with van der Waals surface area (Å²) >= 11 is 3.17. The zero-order valence-electron chi connectivity index (χ0n) is 12.4. The fourth-order valence-corrected chi connectivity index (χ4v) is 3.19. The summed E-state index contributed by atoms with van der Waals surface area (Å²) in [5.74, 6) is 0.0991. The molecule has 0 spiro atoms. The van der Waals surface area contributed by atoms with E-state index in [1.165, 1.54) is 15.7 Å². The number of rotatable bonds is 1. The van der Waals surface area contributed by atoms with Gasteiger partial charge in [-0.05, 0) is 28.1 Å². The van der Waals surface area contributed by atoms with Crippen LogP contribution >= 0.6 is 15.9 Å². The summed E-state index contributed by atoms with van der Waals surface area (Å²) in [6, 6.07) is 3.32. The van der Waals surface area contributed by atoms with E-state index in [9.17, 15) is 9.18 Å². The van der Waals surface area contributed by atoms with Crippen molar-refractivity contribution in [3.05, 3.63) is 28.7 Å². The van der Waals surface area contributed by atoms with Gasteiger partial charge in [0.05, 0.1) is 15.4 Å². The van der Waals surface area contributed by atoms with Crippen molar-refractivity contribution in [3.63, 3.8) is 0 Å². The molecule has 10 heteroatoms. The quantitative estimate of drug-likeness (QED) is 0.678. The van der Waals surface area contributed by atoms with Crippen LogP contribution in [0.15, 0.2) is 22.9 Å². The summed E-state index contributed by atoms with van der Waals surface area (Å²) < 4.78 is 16.3. The largest absolute Gasteiger partial charge is 0.465 e. The molecule has 1 amide bonds. The van der Waals surface area contributed by atoms with Gasteiger partial charge in [-0.25, -0.2) is 19.2 Å². The van der Waals surface area contributed by atoms with Crippen LogP contribution in [0, 0.1) is 5.82 Å². The van der Waals surface area contributed by atoms with Gasteiger partial charge in [0.15, 0.2) is 11.5 Å². The molecule has 124 valence electrons. The molecular formula is C14H12BrFN6O2. The Morgan fingerprint density at radius 1 is 1.25 bits per heavy atom. The number of aromatic nitrogens is 4. The molecule has 0 atom stereocenters. The van der Waals surface area contributed by atoms with Crippen LogP contribution < -0.4 is 4.90 Å². The number of piperazine rings is 1. The first-order chi connectivity index (χ1) is 11.6. The van der Waals surface area contributed by atoms with Crippen molar-refractivity contribution in [2.45, 2.75) is 0 Å². The molecule has 3 heterocycles. The minimum absolute atomic E-state index is 0.301. The number of carbonyl (C=O) groups is 1. The van der Waals surface area contributed by atoms with E-state index in [1.54, 1.807) is 12.1 Å². The van der Waals surface area contributed by atoms with Crippen molar-refractivity contribution in [3.8, 4) is 0 Å². The minimum atomic E-state index is -0.932. The first kappa shape index (κ1) is 15.1. The predicted octanol–water partition coefficient (Wildman–Crippen LogP) is 1.98. The average Bonchev–Trinajstić information content (AvgIpc) is 3.07. The Morgan fingerprint density at radius 3 is 2.71 bits per heavy atom. The summed E-state index contributed by atoms with van der Waals surface area (Å²) in [4.78, 5) is 23.0. The first-order valence-corrected chi connectivity index (χ1v) is 8.06. The van der Waals surface area contributed by atoms with E-state index in [-0.39, 0.29) is 0 Å². The molecule has 1 N–H and O–H groups in total. The summed E-state index contributed by atoms with van der Waals surface area (Å²) in [7, 11) is 0. The number of carboxylic acid groups (broad SMARTS) is 1. The van der Waals surface area contributed by atoms with Gasteiger partial charge in [0.2, 0.25) is 5.95 Å². The van der Waals surface area contributed by atoms with Crippen LogP contribution in [0.3, 0.4) is 0 Å². The lowest BCUT2D eigenvalue weighted by Gasteiger charge is -2.33. The van der Waals surface area contributed by atoms with Gasteiger partial charge in [-0.3, -0.25) is 0 Å². The summed E-state index contributed by atoms with van der Waals surface area (Å²) in [5, 5.41) is 13.5. The van der Waals surface area contributed by atoms with E-state index in [4.69, 9.17) is 5.11 Å². The van der Waals surface area contributed by atoms with Crippen LogP contribution in [-0.4, -0.2) is 61.9 Å². The number of hydrogen-bond acceptors (Lipinski definition) is 5. The zero-order chi connectivity index (χ0) is 16.8. The molecule has 4 rings (SSSR count).